The summed E-state index contributed by atoms with van der Waals surface area (Å²) < 4.78 is 0. The number of piperidine rings is 1. The van der Waals surface area contributed by atoms with Gasteiger partial charge in [0.05, 0.1) is 12.5 Å². The van der Waals surface area contributed by atoms with Gasteiger partial charge in [0, 0.05) is 19.6 Å². The summed E-state index contributed by atoms with van der Waals surface area (Å²) in [6, 6.07) is 6.59. The predicted molar refractivity (Wildman–Crippen MR) is 117 cm³/mol. The highest BCUT2D eigenvalue weighted by Gasteiger charge is 2.26. The van der Waals surface area contributed by atoms with Gasteiger partial charge in [0.15, 0.2) is 0 Å². The van der Waals surface area contributed by atoms with Crippen LogP contribution in [0, 0.1) is 5.92 Å². The lowest BCUT2D eigenvalue weighted by molar-refractivity contribution is -0.132. The lowest BCUT2D eigenvalue weighted by Gasteiger charge is -2.33. The van der Waals surface area contributed by atoms with E-state index in [1.807, 2.05) is 4.90 Å². The zero-order chi connectivity index (χ0) is 19.3. The van der Waals surface area contributed by atoms with Crippen molar-refractivity contribution in [1.29, 1.82) is 0 Å². The molecule has 2 heterocycles. The highest BCUT2D eigenvalue weighted by molar-refractivity contribution is 5.85. The van der Waals surface area contributed by atoms with Crippen molar-refractivity contribution in [3.05, 3.63) is 34.9 Å². The molecule has 2 saturated heterocycles. The molecule has 2 amide bonds. The molecule has 0 spiro atoms. The van der Waals surface area contributed by atoms with Crippen LogP contribution in [-0.2, 0) is 28.9 Å². The molecule has 0 aromatic heterocycles. The maximum atomic E-state index is 12.9. The van der Waals surface area contributed by atoms with Crippen LogP contribution >= 0.6 is 12.4 Å². The number of likely N-dealkylation sites (tertiary alicyclic amines) is 1. The molecule has 6 heteroatoms. The molecule has 3 aliphatic rings. The maximum absolute atomic E-state index is 12.9. The number of fused-ring (bicyclic) bond motifs is 1. The largest absolute Gasteiger partial charge is 0.354 e. The number of nitrogens with zero attached hydrogens (tertiary/aromatic N) is 1. The van der Waals surface area contributed by atoms with Gasteiger partial charge in [-0.15, -0.1) is 12.4 Å². The Balaban J connectivity index is 0.00000240. The monoisotopic (exact) mass is 419 g/mol. The standard InChI is InChI=1S/C23H33N3O2.ClH/c27-22(14-17-9-10-19-6-1-2-7-20(19)13-17)26-12-4-5-18(16-26)15-25-23(28)21-8-3-11-24-21;/h9-10,13,18,21,24H,1-8,11-12,14-16H2,(H,25,28);1H. The average molecular weight is 420 g/mol. The molecule has 1 aromatic carbocycles. The summed E-state index contributed by atoms with van der Waals surface area (Å²) in [4.78, 5) is 27.1. The van der Waals surface area contributed by atoms with Crippen molar-refractivity contribution < 1.29 is 9.59 Å². The molecule has 2 fully saturated rings. The third-order valence-corrected chi connectivity index (χ3v) is 6.58. The molecule has 5 nitrogen and oxygen atoms in total. The predicted octanol–water partition coefficient (Wildman–Crippen LogP) is 2.64. The first-order valence-corrected chi connectivity index (χ1v) is 11.1. The van der Waals surface area contributed by atoms with Gasteiger partial charge in [0.2, 0.25) is 11.8 Å². The second-order valence-corrected chi connectivity index (χ2v) is 8.73. The van der Waals surface area contributed by atoms with Crippen LogP contribution in [-0.4, -0.2) is 48.9 Å². The summed E-state index contributed by atoms with van der Waals surface area (Å²) in [5, 5.41) is 6.34. The molecule has 2 atom stereocenters. The second kappa shape index (κ2) is 10.4. The topological polar surface area (TPSA) is 61.4 Å². The van der Waals surface area contributed by atoms with Crippen LogP contribution in [0.15, 0.2) is 18.2 Å². The van der Waals surface area contributed by atoms with E-state index < -0.39 is 0 Å². The number of hydrogen-bond acceptors (Lipinski definition) is 3. The first-order chi connectivity index (χ1) is 13.7. The maximum Gasteiger partial charge on any atom is 0.237 e. The summed E-state index contributed by atoms with van der Waals surface area (Å²) >= 11 is 0. The number of benzene rings is 1. The van der Waals surface area contributed by atoms with E-state index in [1.54, 1.807) is 0 Å². The Morgan fingerprint density at radius 3 is 2.69 bits per heavy atom. The summed E-state index contributed by atoms with van der Waals surface area (Å²) in [5.74, 6) is 0.714. The molecule has 2 N–H and O–H groups in total. The van der Waals surface area contributed by atoms with Crippen LogP contribution in [0.2, 0.25) is 0 Å². The van der Waals surface area contributed by atoms with Gasteiger partial charge in [-0.3, -0.25) is 9.59 Å². The minimum atomic E-state index is -0.0228. The number of rotatable bonds is 5. The number of nitrogens with one attached hydrogen (secondary N) is 2. The first kappa shape index (κ1) is 22.1. The third kappa shape index (κ3) is 5.73. The fourth-order valence-electron chi connectivity index (χ4n) is 4.92. The molecule has 1 aromatic rings. The van der Waals surface area contributed by atoms with E-state index >= 15 is 0 Å². The van der Waals surface area contributed by atoms with E-state index in [1.165, 1.54) is 30.4 Å². The Morgan fingerprint density at radius 2 is 1.90 bits per heavy atom. The van der Waals surface area contributed by atoms with Gasteiger partial charge >= 0.3 is 0 Å². The van der Waals surface area contributed by atoms with Gasteiger partial charge in [0.25, 0.3) is 0 Å². The van der Waals surface area contributed by atoms with Crippen LogP contribution in [0.3, 0.4) is 0 Å². The van der Waals surface area contributed by atoms with Crippen LogP contribution < -0.4 is 10.6 Å². The Morgan fingerprint density at radius 1 is 1.07 bits per heavy atom. The van der Waals surface area contributed by atoms with E-state index in [4.69, 9.17) is 0 Å². The van der Waals surface area contributed by atoms with Crippen molar-refractivity contribution in [3.63, 3.8) is 0 Å². The number of amides is 2. The number of hydrogen-bond donors (Lipinski definition) is 2. The van der Waals surface area contributed by atoms with Crippen molar-refractivity contribution in [1.82, 2.24) is 15.5 Å². The molecule has 0 saturated carbocycles. The minimum Gasteiger partial charge on any atom is -0.354 e. The van der Waals surface area contributed by atoms with Crippen molar-refractivity contribution in [2.24, 2.45) is 5.92 Å². The van der Waals surface area contributed by atoms with Crippen molar-refractivity contribution >= 4 is 24.2 Å². The van der Waals surface area contributed by atoms with Crippen LogP contribution in [0.5, 0.6) is 0 Å². The SMILES string of the molecule is Cl.O=C(NCC1CCCN(C(=O)Cc2ccc3c(c2)CCCC3)C1)C1CCCN1. The number of aryl methyl sites for hydroxylation is 2. The van der Waals surface area contributed by atoms with Crippen molar-refractivity contribution in [3.8, 4) is 0 Å². The normalized spacial score (nSPS) is 23.8. The molecular weight excluding hydrogens is 386 g/mol. The minimum absolute atomic E-state index is 0. The fourth-order valence-corrected chi connectivity index (χ4v) is 4.92. The van der Waals surface area contributed by atoms with E-state index in [0.717, 1.165) is 57.3 Å². The van der Waals surface area contributed by atoms with Crippen LogP contribution in [0.4, 0.5) is 0 Å². The Kier molecular flexibility index (Phi) is 7.96. The van der Waals surface area contributed by atoms with Gasteiger partial charge in [-0.2, -0.15) is 0 Å². The molecule has 2 unspecified atom stereocenters. The zero-order valence-corrected chi connectivity index (χ0v) is 18.1. The summed E-state index contributed by atoms with van der Waals surface area (Å²) in [6.07, 6.45) is 9.50. The first-order valence-electron chi connectivity index (χ1n) is 11.1. The van der Waals surface area contributed by atoms with E-state index in [0.29, 0.717) is 18.9 Å². The molecule has 2 aliphatic heterocycles. The Hall–Kier alpha value is -1.59. The Bertz CT molecular complexity index is 718. The zero-order valence-electron chi connectivity index (χ0n) is 17.3. The third-order valence-electron chi connectivity index (χ3n) is 6.58. The molecule has 160 valence electrons. The van der Waals surface area contributed by atoms with Crippen LogP contribution in [0.25, 0.3) is 0 Å². The lowest BCUT2D eigenvalue weighted by atomic mass is 9.90. The fraction of sp³-hybridized carbons (Fsp3) is 0.652. The quantitative estimate of drug-likeness (QED) is 0.771. The summed E-state index contributed by atoms with van der Waals surface area (Å²) in [6.45, 7) is 3.23. The van der Waals surface area contributed by atoms with Gasteiger partial charge in [-0.25, -0.2) is 0 Å². The number of carbonyl (C=O) groups excluding carboxylic acids is 2. The van der Waals surface area contributed by atoms with Crippen molar-refractivity contribution in [2.45, 2.75) is 63.8 Å². The smallest absolute Gasteiger partial charge is 0.237 e. The molecule has 0 bridgehead atoms. The van der Waals surface area contributed by atoms with Gasteiger partial charge in [0.1, 0.15) is 0 Å². The van der Waals surface area contributed by atoms with E-state index in [9.17, 15) is 9.59 Å². The van der Waals surface area contributed by atoms with Crippen LogP contribution in [0.1, 0.15) is 55.2 Å². The Labute approximate surface area is 180 Å². The molecular formula is C23H34ClN3O2. The average Bonchev–Trinajstić information content (AvgIpc) is 3.27. The summed E-state index contributed by atoms with van der Waals surface area (Å²) in [5.41, 5.74) is 4.05. The van der Waals surface area contributed by atoms with E-state index in [-0.39, 0.29) is 30.3 Å². The highest BCUT2D eigenvalue weighted by Crippen LogP contribution is 2.23. The lowest BCUT2D eigenvalue weighted by Crippen LogP contribution is -2.47. The van der Waals surface area contributed by atoms with E-state index in [2.05, 4.69) is 28.8 Å². The number of carbonyl (C=O) groups is 2. The summed E-state index contributed by atoms with van der Waals surface area (Å²) in [7, 11) is 0. The van der Waals surface area contributed by atoms with Gasteiger partial charge in [-0.1, -0.05) is 18.2 Å². The molecule has 1 aliphatic carbocycles. The highest BCUT2D eigenvalue weighted by atomic mass is 35.5. The number of halogens is 1. The molecule has 0 radical (unpaired) electrons. The van der Waals surface area contributed by atoms with Gasteiger partial charge in [-0.05, 0) is 80.5 Å². The molecule has 29 heavy (non-hydrogen) atoms. The van der Waals surface area contributed by atoms with Gasteiger partial charge < -0.3 is 15.5 Å². The molecule has 4 rings (SSSR count). The second-order valence-electron chi connectivity index (χ2n) is 8.73. The van der Waals surface area contributed by atoms with Crippen molar-refractivity contribution in [2.75, 3.05) is 26.2 Å².